The summed E-state index contributed by atoms with van der Waals surface area (Å²) in [6.07, 6.45) is 1.93. The summed E-state index contributed by atoms with van der Waals surface area (Å²) in [5.41, 5.74) is 5.03. The number of rotatable bonds is 3. The van der Waals surface area contributed by atoms with Crippen molar-refractivity contribution in [2.24, 2.45) is 0 Å². The number of fused-ring (bicyclic) bond motifs is 1. The fourth-order valence-electron chi connectivity index (χ4n) is 3.34. The Balaban J connectivity index is 1.87. The Bertz CT molecular complexity index is 1190. The minimum absolute atomic E-state index is 0.289. The van der Waals surface area contributed by atoms with Crippen molar-refractivity contribution in [2.45, 2.75) is 18.2 Å². The largest absolute Gasteiger partial charge is 0.456 e. The van der Waals surface area contributed by atoms with Crippen molar-refractivity contribution in [3.8, 4) is 5.75 Å². The molecule has 0 N–H and O–H groups in total. The molecule has 0 atom stereocenters. The molecule has 0 aromatic heterocycles. The summed E-state index contributed by atoms with van der Waals surface area (Å²) >= 11 is 6.21. The summed E-state index contributed by atoms with van der Waals surface area (Å²) < 4.78 is 29.8. The number of halogens is 1. The van der Waals surface area contributed by atoms with Crippen LogP contribution in [0.1, 0.15) is 22.3 Å². The van der Waals surface area contributed by atoms with Gasteiger partial charge in [0.15, 0.2) is 9.84 Å². The molecule has 0 aliphatic carbocycles. The van der Waals surface area contributed by atoms with Crippen molar-refractivity contribution in [1.82, 2.24) is 0 Å². The van der Waals surface area contributed by atoms with E-state index >= 15 is 0 Å². The summed E-state index contributed by atoms with van der Waals surface area (Å²) in [5, 5.41) is 0.723. The van der Waals surface area contributed by atoms with Gasteiger partial charge < -0.3 is 4.74 Å². The van der Waals surface area contributed by atoms with Crippen LogP contribution in [0.4, 0.5) is 0 Å². The molecule has 1 aliphatic heterocycles. The first-order chi connectivity index (χ1) is 13.3. The summed E-state index contributed by atoms with van der Waals surface area (Å²) in [6, 6.07) is 20.7. The highest BCUT2D eigenvalue weighted by molar-refractivity contribution is 7.90. The number of allylic oxidation sites excluding steroid dienone is 1. The lowest BCUT2D eigenvalue weighted by molar-refractivity contribution is 0.502. The number of para-hydroxylation sites is 1. The third kappa shape index (κ3) is 3.58. The zero-order valence-corrected chi connectivity index (χ0v) is 17.1. The van der Waals surface area contributed by atoms with Crippen LogP contribution in [-0.2, 0) is 16.3 Å². The van der Waals surface area contributed by atoms with Crippen LogP contribution in [0.5, 0.6) is 5.75 Å². The van der Waals surface area contributed by atoms with Crippen LogP contribution in [0, 0.1) is 6.92 Å². The number of ether oxygens (including phenoxy) is 1. The van der Waals surface area contributed by atoms with Crippen molar-refractivity contribution in [3.63, 3.8) is 0 Å². The number of hydrogen-bond acceptors (Lipinski definition) is 3. The highest BCUT2D eigenvalue weighted by Crippen LogP contribution is 2.39. The van der Waals surface area contributed by atoms with Crippen LogP contribution in [-0.4, -0.2) is 14.7 Å². The predicted molar refractivity (Wildman–Crippen MR) is 113 cm³/mol. The van der Waals surface area contributed by atoms with Gasteiger partial charge in [0.2, 0.25) is 0 Å². The maximum atomic E-state index is 11.8. The van der Waals surface area contributed by atoms with E-state index in [-0.39, 0.29) is 4.90 Å². The summed E-state index contributed by atoms with van der Waals surface area (Å²) in [6.45, 7) is 1.98. The van der Waals surface area contributed by atoms with E-state index in [1.807, 2.05) is 37.3 Å². The van der Waals surface area contributed by atoms with Gasteiger partial charge in [-0.25, -0.2) is 8.42 Å². The standard InChI is InChI=1S/C23H19ClO3S/c1-15-13-17(9-12-21(15)24)20-14-18-5-3-4-6-22(18)27-23(20)16-7-10-19(11-8-16)28(2,25)26/h3-13H,14H2,1-2H3. The molecule has 3 nitrogen and oxygen atoms in total. The van der Waals surface area contributed by atoms with E-state index in [0.717, 1.165) is 50.8 Å². The van der Waals surface area contributed by atoms with E-state index in [4.69, 9.17) is 16.3 Å². The first-order valence-electron chi connectivity index (χ1n) is 8.89. The Labute approximate surface area is 170 Å². The second-order valence-corrected chi connectivity index (χ2v) is 9.38. The van der Waals surface area contributed by atoms with Gasteiger partial charge >= 0.3 is 0 Å². The molecular weight excluding hydrogens is 392 g/mol. The van der Waals surface area contributed by atoms with Gasteiger partial charge in [0.05, 0.1) is 4.90 Å². The smallest absolute Gasteiger partial charge is 0.175 e. The van der Waals surface area contributed by atoms with E-state index in [0.29, 0.717) is 0 Å². The minimum Gasteiger partial charge on any atom is -0.456 e. The number of hydrogen-bond donors (Lipinski definition) is 0. The van der Waals surface area contributed by atoms with Crippen LogP contribution < -0.4 is 4.74 Å². The predicted octanol–water partition coefficient (Wildman–Crippen LogP) is 5.56. The quantitative estimate of drug-likeness (QED) is 0.568. The lowest BCUT2D eigenvalue weighted by Gasteiger charge is -2.24. The van der Waals surface area contributed by atoms with E-state index in [2.05, 4.69) is 12.1 Å². The van der Waals surface area contributed by atoms with Crippen LogP contribution in [0.2, 0.25) is 5.02 Å². The molecule has 1 heterocycles. The van der Waals surface area contributed by atoms with E-state index in [1.54, 1.807) is 24.3 Å². The highest BCUT2D eigenvalue weighted by Gasteiger charge is 2.23. The molecule has 0 fully saturated rings. The van der Waals surface area contributed by atoms with Crippen molar-refractivity contribution in [2.75, 3.05) is 6.26 Å². The van der Waals surface area contributed by atoms with Crippen LogP contribution in [0.3, 0.4) is 0 Å². The third-order valence-electron chi connectivity index (χ3n) is 4.88. The zero-order valence-electron chi connectivity index (χ0n) is 15.6. The average Bonchev–Trinajstić information content (AvgIpc) is 2.68. The van der Waals surface area contributed by atoms with Gasteiger partial charge in [0.1, 0.15) is 11.5 Å². The molecule has 0 saturated carbocycles. The molecule has 1 aliphatic rings. The molecule has 0 spiro atoms. The van der Waals surface area contributed by atoms with Gasteiger partial charge in [-0.3, -0.25) is 0 Å². The molecule has 0 bridgehead atoms. The maximum Gasteiger partial charge on any atom is 0.175 e. The topological polar surface area (TPSA) is 43.4 Å². The van der Waals surface area contributed by atoms with Gasteiger partial charge in [-0.15, -0.1) is 0 Å². The van der Waals surface area contributed by atoms with Crippen LogP contribution >= 0.6 is 11.6 Å². The lowest BCUT2D eigenvalue weighted by Crippen LogP contribution is -2.09. The number of benzene rings is 3. The molecule has 3 aromatic rings. The molecule has 0 radical (unpaired) electrons. The molecule has 3 aromatic carbocycles. The van der Waals surface area contributed by atoms with Gasteiger partial charge in [-0.1, -0.05) is 41.9 Å². The Morgan fingerprint density at radius 3 is 2.29 bits per heavy atom. The Hall–Kier alpha value is -2.56. The van der Waals surface area contributed by atoms with Gasteiger partial charge in [-0.05, 0) is 60.0 Å². The first kappa shape index (κ1) is 18.8. The molecule has 5 heteroatoms. The van der Waals surface area contributed by atoms with E-state index < -0.39 is 9.84 Å². The Morgan fingerprint density at radius 1 is 0.929 bits per heavy atom. The fraction of sp³-hybridized carbons (Fsp3) is 0.130. The molecule has 0 amide bonds. The van der Waals surface area contributed by atoms with Crippen molar-refractivity contribution in [3.05, 3.63) is 94.0 Å². The minimum atomic E-state index is -3.25. The normalized spacial score (nSPS) is 13.8. The maximum absolute atomic E-state index is 11.8. The van der Waals surface area contributed by atoms with Gasteiger partial charge in [0.25, 0.3) is 0 Å². The fourth-order valence-corrected chi connectivity index (χ4v) is 4.09. The molecule has 142 valence electrons. The van der Waals surface area contributed by atoms with E-state index in [9.17, 15) is 8.42 Å². The Kier molecular flexibility index (Phi) is 4.77. The average molecular weight is 411 g/mol. The molecule has 28 heavy (non-hydrogen) atoms. The van der Waals surface area contributed by atoms with Crippen LogP contribution in [0.25, 0.3) is 11.3 Å². The first-order valence-corrected chi connectivity index (χ1v) is 11.2. The van der Waals surface area contributed by atoms with Crippen molar-refractivity contribution in [1.29, 1.82) is 0 Å². The Morgan fingerprint density at radius 2 is 1.61 bits per heavy atom. The van der Waals surface area contributed by atoms with Gasteiger partial charge in [0, 0.05) is 28.8 Å². The zero-order chi connectivity index (χ0) is 19.9. The van der Waals surface area contributed by atoms with E-state index in [1.165, 1.54) is 6.26 Å². The number of sulfone groups is 1. The van der Waals surface area contributed by atoms with Crippen LogP contribution in [0.15, 0.2) is 71.6 Å². The summed E-state index contributed by atoms with van der Waals surface area (Å²) in [5.74, 6) is 1.56. The molecule has 0 saturated heterocycles. The summed E-state index contributed by atoms with van der Waals surface area (Å²) in [4.78, 5) is 0.289. The van der Waals surface area contributed by atoms with Crippen molar-refractivity contribution < 1.29 is 13.2 Å². The second kappa shape index (κ2) is 7.12. The van der Waals surface area contributed by atoms with Gasteiger partial charge in [-0.2, -0.15) is 0 Å². The van der Waals surface area contributed by atoms with Crippen molar-refractivity contribution >= 4 is 32.8 Å². The molecule has 4 rings (SSSR count). The highest BCUT2D eigenvalue weighted by atomic mass is 35.5. The molecule has 0 unspecified atom stereocenters. The molecular formula is C23H19ClO3S. The SMILES string of the molecule is Cc1cc(C2=C(c3ccc(S(C)(=O)=O)cc3)Oc3ccccc3C2)ccc1Cl. The summed E-state index contributed by atoms with van der Waals surface area (Å²) in [7, 11) is -3.25. The monoisotopic (exact) mass is 410 g/mol. The third-order valence-corrected chi connectivity index (χ3v) is 6.43. The number of aryl methyl sites for hydroxylation is 1. The lowest BCUT2D eigenvalue weighted by atomic mass is 9.91. The second-order valence-electron chi connectivity index (χ2n) is 6.95.